The lowest BCUT2D eigenvalue weighted by Crippen LogP contribution is -2.50. The zero-order chi connectivity index (χ0) is 17.3. The highest BCUT2D eigenvalue weighted by Crippen LogP contribution is 2.37. The molecule has 3 rings (SSSR count). The number of hydrogen-bond donors (Lipinski definition) is 1. The fourth-order valence-corrected chi connectivity index (χ4v) is 3.55. The Balaban J connectivity index is 1.70. The maximum absolute atomic E-state index is 12.8. The van der Waals surface area contributed by atoms with E-state index in [0.29, 0.717) is 25.7 Å². The highest BCUT2D eigenvalue weighted by Gasteiger charge is 2.53. The molecule has 1 N–H and O–H groups in total. The van der Waals surface area contributed by atoms with Crippen molar-refractivity contribution < 1.29 is 19.1 Å². The number of benzene rings is 1. The van der Waals surface area contributed by atoms with Crippen LogP contribution in [0.25, 0.3) is 0 Å². The number of aryl methyl sites for hydroxylation is 1. The predicted octanol–water partition coefficient (Wildman–Crippen LogP) is 2.15. The van der Waals surface area contributed by atoms with Gasteiger partial charge in [-0.15, -0.1) is 0 Å². The zero-order valence-electron chi connectivity index (χ0n) is 14.0. The summed E-state index contributed by atoms with van der Waals surface area (Å²) < 4.78 is 4.78. The Kier molecular flexibility index (Phi) is 4.30. The molecule has 2 aliphatic rings. The number of ether oxygens (including phenoxy) is 1. The molecule has 1 saturated heterocycles. The number of carbonyl (C=O) groups is 3. The fraction of sp³-hybridized carbons (Fsp3) is 0.500. The lowest BCUT2D eigenvalue weighted by molar-refractivity contribution is -0.148. The van der Waals surface area contributed by atoms with E-state index in [-0.39, 0.29) is 30.4 Å². The van der Waals surface area contributed by atoms with Crippen molar-refractivity contribution >= 4 is 17.9 Å². The van der Waals surface area contributed by atoms with Crippen molar-refractivity contribution in [2.45, 2.75) is 44.7 Å². The van der Waals surface area contributed by atoms with Crippen LogP contribution in [0, 0.1) is 12.8 Å². The third-order valence-electron chi connectivity index (χ3n) is 5.08. The monoisotopic (exact) mass is 330 g/mol. The third-order valence-corrected chi connectivity index (χ3v) is 5.08. The predicted molar refractivity (Wildman–Crippen MR) is 87.0 cm³/mol. The van der Waals surface area contributed by atoms with Gasteiger partial charge in [-0.3, -0.25) is 14.5 Å². The first-order chi connectivity index (χ1) is 11.4. The summed E-state index contributed by atoms with van der Waals surface area (Å²) in [5, 5.41) is 2.86. The number of methoxy groups -OCH3 is 1. The molecule has 1 aliphatic heterocycles. The van der Waals surface area contributed by atoms with Gasteiger partial charge in [0.1, 0.15) is 5.54 Å². The summed E-state index contributed by atoms with van der Waals surface area (Å²) in [6.45, 7) is 2.26. The molecule has 1 heterocycles. The molecular formula is C18H22N2O4. The van der Waals surface area contributed by atoms with E-state index < -0.39 is 5.54 Å². The van der Waals surface area contributed by atoms with Crippen LogP contribution in [0.2, 0.25) is 0 Å². The summed E-state index contributed by atoms with van der Waals surface area (Å²) in [6, 6.07) is 7.43. The van der Waals surface area contributed by atoms with Gasteiger partial charge >= 0.3 is 12.0 Å². The maximum Gasteiger partial charge on any atom is 0.325 e. The summed E-state index contributed by atoms with van der Waals surface area (Å²) in [6.07, 6.45) is 2.05. The van der Waals surface area contributed by atoms with Crippen LogP contribution in [0.3, 0.4) is 0 Å². The van der Waals surface area contributed by atoms with Crippen LogP contribution < -0.4 is 5.32 Å². The number of nitrogens with one attached hydrogen (secondary N) is 1. The van der Waals surface area contributed by atoms with Gasteiger partial charge in [-0.1, -0.05) is 29.8 Å². The van der Waals surface area contributed by atoms with Gasteiger partial charge in [0.05, 0.1) is 19.6 Å². The van der Waals surface area contributed by atoms with Crippen molar-refractivity contribution in [3.8, 4) is 0 Å². The van der Waals surface area contributed by atoms with E-state index in [9.17, 15) is 14.4 Å². The van der Waals surface area contributed by atoms with Crippen molar-refractivity contribution in [3.63, 3.8) is 0 Å². The minimum Gasteiger partial charge on any atom is -0.469 e. The van der Waals surface area contributed by atoms with Gasteiger partial charge in [-0.05, 0) is 38.2 Å². The van der Waals surface area contributed by atoms with E-state index in [1.807, 2.05) is 31.2 Å². The van der Waals surface area contributed by atoms with E-state index >= 15 is 0 Å². The average Bonchev–Trinajstić information content (AvgIpc) is 2.81. The number of nitrogens with zero attached hydrogens (tertiary/aromatic N) is 1. The van der Waals surface area contributed by atoms with Crippen molar-refractivity contribution in [1.29, 1.82) is 0 Å². The molecule has 1 aromatic rings. The molecule has 0 aromatic heterocycles. The zero-order valence-corrected chi connectivity index (χ0v) is 14.0. The Morgan fingerprint density at radius 1 is 1.25 bits per heavy atom. The van der Waals surface area contributed by atoms with Gasteiger partial charge in [0.25, 0.3) is 5.91 Å². The minimum atomic E-state index is -0.855. The number of amides is 3. The fourth-order valence-electron chi connectivity index (χ4n) is 3.55. The van der Waals surface area contributed by atoms with E-state index in [2.05, 4.69) is 5.32 Å². The molecule has 1 aliphatic carbocycles. The van der Waals surface area contributed by atoms with Crippen LogP contribution in [-0.4, -0.2) is 35.5 Å². The molecule has 128 valence electrons. The van der Waals surface area contributed by atoms with Crippen molar-refractivity contribution in [2.75, 3.05) is 7.11 Å². The smallest absolute Gasteiger partial charge is 0.325 e. The van der Waals surface area contributed by atoms with Gasteiger partial charge in [0, 0.05) is 0 Å². The molecule has 0 atom stereocenters. The third kappa shape index (κ3) is 2.88. The van der Waals surface area contributed by atoms with Crippen LogP contribution in [0.15, 0.2) is 24.3 Å². The second-order valence-electron chi connectivity index (χ2n) is 6.69. The first-order valence-corrected chi connectivity index (χ1v) is 8.23. The molecule has 1 saturated carbocycles. The molecular weight excluding hydrogens is 308 g/mol. The standard InChI is InChI=1S/C18H22N2O4/c1-12-3-5-13(6-4-12)11-20-16(22)18(19-17(20)23)9-7-14(8-10-18)15(21)24-2/h3-6,14H,7-11H2,1-2H3,(H,19,23). The second-order valence-corrected chi connectivity index (χ2v) is 6.69. The number of imide groups is 1. The number of esters is 1. The van der Waals surface area contributed by atoms with Crippen molar-refractivity contribution in [1.82, 2.24) is 10.2 Å². The summed E-state index contributed by atoms with van der Waals surface area (Å²) in [4.78, 5) is 38.1. The minimum absolute atomic E-state index is 0.184. The first-order valence-electron chi connectivity index (χ1n) is 8.23. The molecule has 1 aromatic carbocycles. The second kappa shape index (κ2) is 6.26. The van der Waals surface area contributed by atoms with Crippen LogP contribution in [0.5, 0.6) is 0 Å². The van der Waals surface area contributed by atoms with Crippen LogP contribution in [0.4, 0.5) is 4.79 Å². The Bertz CT molecular complexity index is 660. The van der Waals surface area contributed by atoms with Gasteiger partial charge in [0.2, 0.25) is 0 Å². The lowest BCUT2D eigenvalue weighted by atomic mass is 9.76. The van der Waals surface area contributed by atoms with Crippen molar-refractivity contribution in [2.24, 2.45) is 5.92 Å². The molecule has 0 bridgehead atoms. The Labute approximate surface area is 141 Å². The number of hydrogen-bond acceptors (Lipinski definition) is 4. The largest absolute Gasteiger partial charge is 0.469 e. The molecule has 0 radical (unpaired) electrons. The summed E-state index contributed by atoms with van der Waals surface area (Å²) in [7, 11) is 1.37. The van der Waals surface area contributed by atoms with Gasteiger partial charge in [-0.2, -0.15) is 0 Å². The first kappa shape index (κ1) is 16.5. The van der Waals surface area contributed by atoms with Gasteiger partial charge < -0.3 is 10.1 Å². The van der Waals surface area contributed by atoms with Crippen LogP contribution in [0.1, 0.15) is 36.8 Å². The maximum atomic E-state index is 12.8. The van der Waals surface area contributed by atoms with E-state index in [1.165, 1.54) is 12.0 Å². The van der Waals surface area contributed by atoms with Gasteiger partial charge in [0.15, 0.2) is 0 Å². The van der Waals surface area contributed by atoms with E-state index in [1.54, 1.807) is 0 Å². The number of rotatable bonds is 3. The van der Waals surface area contributed by atoms with Crippen LogP contribution in [-0.2, 0) is 20.9 Å². The van der Waals surface area contributed by atoms with Crippen LogP contribution >= 0.6 is 0 Å². The Morgan fingerprint density at radius 3 is 2.46 bits per heavy atom. The highest BCUT2D eigenvalue weighted by molar-refractivity contribution is 6.07. The molecule has 3 amide bonds. The molecule has 2 fully saturated rings. The quantitative estimate of drug-likeness (QED) is 0.680. The van der Waals surface area contributed by atoms with Gasteiger partial charge in [-0.25, -0.2) is 4.79 Å². The molecule has 6 heteroatoms. The molecule has 6 nitrogen and oxygen atoms in total. The molecule has 24 heavy (non-hydrogen) atoms. The van der Waals surface area contributed by atoms with Crippen molar-refractivity contribution in [3.05, 3.63) is 35.4 Å². The number of carbonyl (C=O) groups excluding carboxylic acids is 3. The molecule has 1 spiro atoms. The normalized spacial score (nSPS) is 26.6. The Hall–Kier alpha value is -2.37. The summed E-state index contributed by atoms with van der Waals surface area (Å²) >= 11 is 0. The van der Waals surface area contributed by atoms with E-state index in [0.717, 1.165) is 11.1 Å². The summed E-state index contributed by atoms with van der Waals surface area (Å²) in [5.41, 5.74) is 1.20. The summed E-state index contributed by atoms with van der Waals surface area (Å²) in [5.74, 6) is -0.606. The Morgan fingerprint density at radius 2 is 1.88 bits per heavy atom. The molecule has 0 unspecified atom stereocenters. The topological polar surface area (TPSA) is 75.7 Å². The van der Waals surface area contributed by atoms with E-state index in [4.69, 9.17) is 4.74 Å². The lowest BCUT2D eigenvalue weighted by Gasteiger charge is -2.33. The number of urea groups is 1. The highest BCUT2D eigenvalue weighted by atomic mass is 16.5. The average molecular weight is 330 g/mol. The SMILES string of the molecule is COC(=O)C1CCC2(CC1)NC(=O)N(Cc1ccc(C)cc1)C2=O.